The number of benzene rings is 1. The van der Waals surface area contributed by atoms with Crippen LogP contribution in [-0.4, -0.2) is 39.6 Å². The number of methoxy groups -OCH3 is 1. The van der Waals surface area contributed by atoms with E-state index in [0.29, 0.717) is 25.4 Å². The van der Waals surface area contributed by atoms with Gasteiger partial charge in [-0.3, -0.25) is 0 Å². The maximum atomic E-state index is 5.88. The summed E-state index contributed by atoms with van der Waals surface area (Å²) in [5, 5.41) is 3.52. The van der Waals surface area contributed by atoms with Gasteiger partial charge in [-0.15, -0.1) is 0 Å². The Kier molecular flexibility index (Phi) is 7.00. The van der Waals surface area contributed by atoms with Gasteiger partial charge in [0.05, 0.1) is 19.3 Å². The molecule has 0 heterocycles. The highest BCUT2D eigenvalue weighted by Gasteiger charge is 2.23. The summed E-state index contributed by atoms with van der Waals surface area (Å²) in [5.74, 6) is 0.984. The van der Waals surface area contributed by atoms with Gasteiger partial charge in [-0.25, -0.2) is 0 Å². The van der Waals surface area contributed by atoms with Gasteiger partial charge in [0.15, 0.2) is 0 Å². The quantitative estimate of drug-likeness (QED) is 0.637. The number of hydrogen-bond acceptors (Lipinski definition) is 4. The lowest BCUT2D eigenvalue weighted by atomic mass is 10.0. The fourth-order valence-corrected chi connectivity index (χ4v) is 2.26. The van der Waals surface area contributed by atoms with Crippen molar-refractivity contribution >= 4 is 0 Å². The van der Waals surface area contributed by atoms with Crippen molar-refractivity contribution in [1.82, 2.24) is 5.32 Å². The van der Waals surface area contributed by atoms with Gasteiger partial charge < -0.3 is 19.5 Å². The zero-order valence-electron chi connectivity index (χ0n) is 13.1. The molecule has 0 amide bonds. The highest BCUT2D eigenvalue weighted by Crippen LogP contribution is 2.28. The Morgan fingerprint density at radius 1 is 1.24 bits per heavy atom. The summed E-state index contributed by atoms with van der Waals surface area (Å²) in [6.45, 7) is 5.10. The number of hydrogen-bond donors (Lipinski definition) is 1. The van der Waals surface area contributed by atoms with Crippen molar-refractivity contribution in [2.45, 2.75) is 38.3 Å². The fraction of sp³-hybridized carbons (Fsp3) is 0.647. The largest absolute Gasteiger partial charge is 0.490 e. The second-order valence-corrected chi connectivity index (χ2v) is 5.39. The van der Waals surface area contributed by atoms with E-state index in [4.69, 9.17) is 14.2 Å². The van der Waals surface area contributed by atoms with Crippen molar-refractivity contribution in [2.24, 2.45) is 0 Å². The Bertz CT molecular complexity index is 407. The second-order valence-electron chi connectivity index (χ2n) is 5.39. The molecule has 0 aromatic heterocycles. The van der Waals surface area contributed by atoms with Crippen molar-refractivity contribution < 1.29 is 14.2 Å². The maximum absolute atomic E-state index is 5.88. The average molecular weight is 293 g/mol. The molecule has 118 valence electrons. The highest BCUT2D eigenvalue weighted by atomic mass is 16.5. The van der Waals surface area contributed by atoms with Crippen LogP contribution in [0.5, 0.6) is 5.75 Å². The molecule has 1 aromatic carbocycles. The van der Waals surface area contributed by atoms with Gasteiger partial charge in [0.1, 0.15) is 5.75 Å². The van der Waals surface area contributed by atoms with Crippen molar-refractivity contribution in [3.05, 3.63) is 29.8 Å². The van der Waals surface area contributed by atoms with E-state index in [2.05, 4.69) is 30.4 Å². The Morgan fingerprint density at radius 3 is 2.81 bits per heavy atom. The number of rotatable bonds is 11. The third-order valence-electron chi connectivity index (χ3n) is 3.52. The molecule has 1 unspecified atom stereocenters. The minimum absolute atomic E-state index is 0.306. The molecule has 4 heteroatoms. The molecule has 0 radical (unpaired) electrons. The van der Waals surface area contributed by atoms with Crippen LogP contribution in [0.15, 0.2) is 24.3 Å². The van der Waals surface area contributed by atoms with E-state index >= 15 is 0 Å². The number of ether oxygens (including phenoxy) is 3. The van der Waals surface area contributed by atoms with Crippen LogP contribution in [0.3, 0.4) is 0 Å². The summed E-state index contributed by atoms with van der Waals surface area (Å²) in [4.78, 5) is 0. The van der Waals surface area contributed by atoms with Gasteiger partial charge >= 0.3 is 0 Å². The Balaban J connectivity index is 1.86. The topological polar surface area (TPSA) is 39.7 Å². The summed E-state index contributed by atoms with van der Waals surface area (Å²) >= 11 is 0. The third kappa shape index (κ3) is 6.04. The lowest BCUT2D eigenvalue weighted by Crippen LogP contribution is -2.22. The molecular formula is C17H27NO3. The van der Waals surface area contributed by atoms with Gasteiger partial charge in [-0.1, -0.05) is 19.1 Å². The normalized spacial score (nSPS) is 15.9. The first-order valence-corrected chi connectivity index (χ1v) is 7.90. The highest BCUT2D eigenvalue weighted by molar-refractivity contribution is 5.31. The van der Waals surface area contributed by atoms with Gasteiger partial charge in [0.25, 0.3) is 0 Å². The van der Waals surface area contributed by atoms with Gasteiger partial charge in [0.2, 0.25) is 0 Å². The van der Waals surface area contributed by atoms with E-state index in [-0.39, 0.29) is 0 Å². The molecular weight excluding hydrogens is 266 g/mol. The SMILES string of the molecule is CCNC(CCOCCOC)c1cccc(OC2CC2)c1. The Labute approximate surface area is 127 Å². The van der Waals surface area contributed by atoms with Crippen molar-refractivity contribution in [3.63, 3.8) is 0 Å². The van der Waals surface area contributed by atoms with Crippen molar-refractivity contribution in [1.29, 1.82) is 0 Å². The molecule has 21 heavy (non-hydrogen) atoms. The molecule has 1 N–H and O–H groups in total. The van der Waals surface area contributed by atoms with Crippen molar-refractivity contribution in [3.8, 4) is 5.75 Å². The molecule has 1 aromatic rings. The van der Waals surface area contributed by atoms with E-state index in [1.807, 2.05) is 6.07 Å². The average Bonchev–Trinajstić information content (AvgIpc) is 3.30. The Morgan fingerprint density at radius 2 is 2.10 bits per heavy atom. The molecule has 0 saturated heterocycles. The maximum Gasteiger partial charge on any atom is 0.120 e. The predicted molar refractivity (Wildman–Crippen MR) is 83.8 cm³/mol. The lowest BCUT2D eigenvalue weighted by molar-refractivity contribution is 0.0658. The van der Waals surface area contributed by atoms with E-state index < -0.39 is 0 Å². The molecule has 0 aliphatic heterocycles. The van der Waals surface area contributed by atoms with Crippen molar-refractivity contribution in [2.75, 3.05) is 33.5 Å². The van der Waals surface area contributed by atoms with Gasteiger partial charge in [0, 0.05) is 19.8 Å². The molecule has 1 aliphatic carbocycles. The molecule has 1 fully saturated rings. The van der Waals surface area contributed by atoms with Gasteiger partial charge in [-0.05, 0) is 43.5 Å². The van der Waals surface area contributed by atoms with Crippen LogP contribution in [0.2, 0.25) is 0 Å². The first-order chi connectivity index (χ1) is 10.3. The minimum Gasteiger partial charge on any atom is -0.490 e. The zero-order valence-corrected chi connectivity index (χ0v) is 13.1. The van der Waals surface area contributed by atoms with Crippen LogP contribution in [-0.2, 0) is 9.47 Å². The fourth-order valence-electron chi connectivity index (χ4n) is 2.26. The molecule has 2 rings (SSSR count). The Hall–Kier alpha value is -1.10. The number of nitrogens with one attached hydrogen (secondary N) is 1. The summed E-state index contributed by atoms with van der Waals surface area (Å²) in [6.07, 6.45) is 3.77. The van der Waals surface area contributed by atoms with E-state index in [1.165, 1.54) is 18.4 Å². The summed E-state index contributed by atoms with van der Waals surface area (Å²) in [7, 11) is 1.69. The molecule has 0 bridgehead atoms. The zero-order chi connectivity index (χ0) is 14.9. The first-order valence-electron chi connectivity index (χ1n) is 7.90. The minimum atomic E-state index is 0.306. The van der Waals surface area contributed by atoms with Gasteiger partial charge in [-0.2, -0.15) is 0 Å². The second kappa shape index (κ2) is 9.03. The molecule has 0 spiro atoms. The lowest BCUT2D eigenvalue weighted by Gasteiger charge is -2.19. The third-order valence-corrected chi connectivity index (χ3v) is 3.52. The smallest absolute Gasteiger partial charge is 0.120 e. The standard InChI is InChI=1S/C17H27NO3/c1-3-18-17(9-10-20-12-11-19-2)14-5-4-6-16(13-14)21-15-7-8-15/h4-6,13,15,17-18H,3,7-12H2,1-2H3. The monoisotopic (exact) mass is 293 g/mol. The summed E-state index contributed by atoms with van der Waals surface area (Å²) in [6, 6.07) is 8.73. The molecule has 4 nitrogen and oxygen atoms in total. The predicted octanol–water partition coefficient (Wildman–Crippen LogP) is 2.93. The van der Waals surface area contributed by atoms with E-state index in [9.17, 15) is 0 Å². The van der Waals surface area contributed by atoms with Crippen LogP contribution in [0.25, 0.3) is 0 Å². The van der Waals surface area contributed by atoms with E-state index in [1.54, 1.807) is 7.11 Å². The van der Waals surface area contributed by atoms with Crippen LogP contribution in [0.1, 0.15) is 37.8 Å². The van der Waals surface area contributed by atoms with Crippen LogP contribution in [0, 0.1) is 0 Å². The van der Waals surface area contributed by atoms with E-state index in [0.717, 1.165) is 25.3 Å². The summed E-state index contributed by atoms with van der Waals surface area (Å²) in [5.41, 5.74) is 1.27. The van der Waals surface area contributed by atoms with Crippen LogP contribution in [0.4, 0.5) is 0 Å². The molecule has 1 atom stereocenters. The van der Waals surface area contributed by atoms with Crippen LogP contribution < -0.4 is 10.1 Å². The first kappa shape index (κ1) is 16.3. The molecule has 1 aliphatic rings. The molecule has 1 saturated carbocycles. The summed E-state index contributed by atoms with van der Waals surface area (Å²) < 4.78 is 16.4. The van der Waals surface area contributed by atoms with Crippen LogP contribution >= 0.6 is 0 Å².